The Morgan fingerprint density at radius 1 is 1.38 bits per heavy atom. The average Bonchev–Trinajstić information content (AvgIpc) is 2.52. The molecule has 13 heavy (non-hydrogen) atoms. The molecule has 0 aliphatic carbocycles. The number of hydrogen-bond donors (Lipinski definition) is 1. The number of pyridine rings is 1. The molecule has 0 aromatic carbocycles. The third-order valence-corrected chi connectivity index (χ3v) is 2.40. The van der Waals surface area contributed by atoms with Gasteiger partial charge in [-0.15, -0.1) is 11.3 Å². The van der Waals surface area contributed by atoms with Crippen LogP contribution in [0, 0.1) is 0 Å². The van der Waals surface area contributed by atoms with E-state index in [2.05, 4.69) is 9.97 Å². The first-order valence-electron chi connectivity index (χ1n) is 3.57. The number of nitrogens with zero attached hydrogens (tertiary/aromatic N) is 2. The first kappa shape index (κ1) is 8.47. The van der Waals surface area contributed by atoms with Crippen LogP contribution in [0.5, 0.6) is 0 Å². The smallest absolute Gasteiger partial charge is 0.180 e. The molecule has 0 spiro atoms. The van der Waals surface area contributed by atoms with Crippen molar-refractivity contribution in [2.45, 2.75) is 0 Å². The van der Waals surface area contributed by atoms with E-state index in [-0.39, 0.29) is 0 Å². The topological polar surface area (TPSA) is 51.8 Å². The van der Waals surface area contributed by atoms with E-state index in [9.17, 15) is 0 Å². The molecule has 5 heteroatoms. The molecule has 2 aromatic heterocycles. The maximum atomic E-state index is 5.78. The molecule has 3 nitrogen and oxygen atoms in total. The predicted molar refractivity (Wildman–Crippen MR) is 54.8 cm³/mol. The Balaban J connectivity index is 2.46. The van der Waals surface area contributed by atoms with E-state index < -0.39 is 0 Å². The third kappa shape index (κ3) is 1.79. The monoisotopic (exact) mass is 211 g/mol. The van der Waals surface area contributed by atoms with Gasteiger partial charge in [0.1, 0.15) is 0 Å². The zero-order valence-electron chi connectivity index (χ0n) is 6.57. The van der Waals surface area contributed by atoms with Crippen molar-refractivity contribution in [3.05, 3.63) is 28.9 Å². The summed E-state index contributed by atoms with van der Waals surface area (Å²) in [6, 6.07) is 1.81. The summed E-state index contributed by atoms with van der Waals surface area (Å²) in [6.45, 7) is 0. The summed E-state index contributed by atoms with van der Waals surface area (Å²) < 4.78 is 0. The first-order valence-corrected chi connectivity index (χ1v) is 4.83. The second-order valence-corrected chi connectivity index (χ2v) is 3.79. The highest BCUT2D eigenvalue weighted by atomic mass is 35.5. The summed E-state index contributed by atoms with van der Waals surface area (Å²) in [5.41, 5.74) is 7.21. The summed E-state index contributed by atoms with van der Waals surface area (Å²) in [7, 11) is 0. The van der Waals surface area contributed by atoms with Crippen molar-refractivity contribution >= 4 is 28.1 Å². The number of hydrogen-bond acceptors (Lipinski definition) is 4. The summed E-state index contributed by atoms with van der Waals surface area (Å²) in [5.74, 6) is 0. The number of nitrogens with two attached hydrogens (primary N) is 1. The number of anilines is 1. The molecule has 66 valence electrons. The number of thiazole rings is 1. The summed E-state index contributed by atoms with van der Waals surface area (Å²) in [5, 5.41) is 3.03. The van der Waals surface area contributed by atoms with Gasteiger partial charge in [0.25, 0.3) is 0 Å². The Morgan fingerprint density at radius 3 is 2.85 bits per heavy atom. The lowest BCUT2D eigenvalue weighted by Crippen LogP contribution is -1.83. The molecule has 0 fully saturated rings. The van der Waals surface area contributed by atoms with E-state index in [1.807, 2.05) is 11.4 Å². The van der Waals surface area contributed by atoms with Gasteiger partial charge in [-0.05, 0) is 6.07 Å². The quantitative estimate of drug-likeness (QED) is 0.788. The van der Waals surface area contributed by atoms with Crippen molar-refractivity contribution in [1.29, 1.82) is 0 Å². The van der Waals surface area contributed by atoms with Crippen LogP contribution in [0.25, 0.3) is 11.3 Å². The molecule has 2 N–H and O–H groups in total. The standard InChI is InChI=1S/C8H6ClN3S/c9-6-1-5(2-11-3-6)7-4-13-8(10)12-7/h1-4H,(H2,10,12). The van der Waals surface area contributed by atoms with Crippen molar-refractivity contribution in [1.82, 2.24) is 9.97 Å². The maximum absolute atomic E-state index is 5.78. The van der Waals surface area contributed by atoms with E-state index in [4.69, 9.17) is 17.3 Å². The van der Waals surface area contributed by atoms with Gasteiger partial charge in [0.15, 0.2) is 5.13 Å². The van der Waals surface area contributed by atoms with E-state index in [1.54, 1.807) is 12.4 Å². The van der Waals surface area contributed by atoms with Gasteiger partial charge in [0, 0.05) is 23.3 Å². The first-order chi connectivity index (χ1) is 6.25. The molecule has 0 radical (unpaired) electrons. The van der Waals surface area contributed by atoms with Crippen molar-refractivity contribution in [2.24, 2.45) is 0 Å². The minimum atomic E-state index is 0.551. The molecule has 0 atom stereocenters. The minimum Gasteiger partial charge on any atom is -0.375 e. The molecular formula is C8H6ClN3S. The molecule has 0 saturated carbocycles. The molecule has 0 aliphatic heterocycles. The molecule has 0 unspecified atom stereocenters. The molecule has 2 heterocycles. The van der Waals surface area contributed by atoms with E-state index in [0.717, 1.165) is 11.3 Å². The lowest BCUT2D eigenvalue weighted by atomic mass is 10.2. The second kappa shape index (κ2) is 3.32. The van der Waals surface area contributed by atoms with E-state index >= 15 is 0 Å². The van der Waals surface area contributed by atoms with Crippen LogP contribution in [-0.2, 0) is 0 Å². The van der Waals surface area contributed by atoms with Crippen molar-refractivity contribution in [3.63, 3.8) is 0 Å². The Hall–Kier alpha value is -1.13. The Labute approximate surface area is 84.2 Å². The number of rotatable bonds is 1. The summed E-state index contributed by atoms with van der Waals surface area (Å²) in [6.07, 6.45) is 3.29. The van der Waals surface area contributed by atoms with Crippen molar-refractivity contribution < 1.29 is 0 Å². The number of aromatic nitrogens is 2. The van der Waals surface area contributed by atoms with Crippen LogP contribution in [0.2, 0.25) is 5.02 Å². The van der Waals surface area contributed by atoms with Crippen LogP contribution < -0.4 is 5.73 Å². The lowest BCUT2D eigenvalue weighted by molar-refractivity contribution is 1.31. The minimum absolute atomic E-state index is 0.551. The number of nitrogen functional groups attached to an aromatic ring is 1. The van der Waals surface area contributed by atoms with Gasteiger partial charge in [0.05, 0.1) is 10.7 Å². The summed E-state index contributed by atoms with van der Waals surface area (Å²) in [4.78, 5) is 8.08. The largest absolute Gasteiger partial charge is 0.375 e. The third-order valence-electron chi connectivity index (χ3n) is 1.52. The molecular weight excluding hydrogens is 206 g/mol. The van der Waals surface area contributed by atoms with Gasteiger partial charge < -0.3 is 5.73 Å². The normalized spacial score (nSPS) is 10.2. The van der Waals surface area contributed by atoms with Crippen LogP contribution in [0.3, 0.4) is 0 Å². The molecule has 0 amide bonds. The van der Waals surface area contributed by atoms with Crippen molar-refractivity contribution in [2.75, 3.05) is 5.73 Å². The van der Waals surface area contributed by atoms with Gasteiger partial charge in [-0.2, -0.15) is 0 Å². The zero-order valence-corrected chi connectivity index (χ0v) is 8.14. The average molecular weight is 212 g/mol. The summed E-state index contributed by atoms with van der Waals surface area (Å²) >= 11 is 7.18. The van der Waals surface area contributed by atoms with Crippen LogP contribution in [0.4, 0.5) is 5.13 Å². The van der Waals surface area contributed by atoms with Crippen LogP contribution in [0.1, 0.15) is 0 Å². The fourth-order valence-corrected chi connectivity index (χ4v) is 1.72. The van der Waals surface area contributed by atoms with Crippen LogP contribution in [-0.4, -0.2) is 9.97 Å². The van der Waals surface area contributed by atoms with Gasteiger partial charge in [0.2, 0.25) is 0 Å². The van der Waals surface area contributed by atoms with Crippen molar-refractivity contribution in [3.8, 4) is 11.3 Å². The van der Waals surface area contributed by atoms with Gasteiger partial charge in [-0.3, -0.25) is 4.98 Å². The Bertz CT molecular complexity index is 427. The Kier molecular flexibility index (Phi) is 2.16. The number of halogens is 1. The highest BCUT2D eigenvalue weighted by Gasteiger charge is 2.02. The van der Waals surface area contributed by atoms with Gasteiger partial charge in [-0.1, -0.05) is 11.6 Å². The highest BCUT2D eigenvalue weighted by molar-refractivity contribution is 7.13. The second-order valence-electron chi connectivity index (χ2n) is 2.46. The maximum Gasteiger partial charge on any atom is 0.180 e. The zero-order chi connectivity index (χ0) is 9.26. The highest BCUT2D eigenvalue weighted by Crippen LogP contribution is 2.23. The SMILES string of the molecule is Nc1nc(-c2cncc(Cl)c2)cs1. The molecule has 0 aliphatic rings. The molecule has 0 saturated heterocycles. The fourth-order valence-electron chi connectivity index (χ4n) is 0.972. The fraction of sp³-hybridized carbons (Fsp3) is 0. The van der Waals surface area contributed by atoms with Crippen LogP contribution in [0.15, 0.2) is 23.8 Å². The molecule has 2 aromatic rings. The predicted octanol–water partition coefficient (Wildman–Crippen LogP) is 2.44. The van der Waals surface area contributed by atoms with Gasteiger partial charge >= 0.3 is 0 Å². The van der Waals surface area contributed by atoms with Gasteiger partial charge in [-0.25, -0.2) is 4.98 Å². The molecule has 0 bridgehead atoms. The van der Waals surface area contributed by atoms with E-state index in [0.29, 0.717) is 10.2 Å². The van der Waals surface area contributed by atoms with E-state index in [1.165, 1.54) is 11.3 Å². The lowest BCUT2D eigenvalue weighted by Gasteiger charge is -1.94. The van der Waals surface area contributed by atoms with Crippen LogP contribution >= 0.6 is 22.9 Å². The molecule has 2 rings (SSSR count). The Morgan fingerprint density at radius 2 is 2.23 bits per heavy atom.